The van der Waals surface area contributed by atoms with E-state index in [4.69, 9.17) is 0 Å². The molecule has 2 heteroatoms. The first-order valence-electron chi connectivity index (χ1n) is 6.90. The molecule has 0 aliphatic heterocycles. The Labute approximate surface area is 114 Å². The van der Waals surface area contributed by atoms with Crippen LogP contribution in [-0.4, -0.2) is 11.5 Å². The van der Waals surface area contributed by atoms with Gasteiger partial charge in [-0.2, -0.15) is 25.3 Å². The van der Waals surface area contributed by atoms with Crippen molar-refractivity contribution in [3.63, 3.8) is 0 Å². The molecule has 0 aliphatic rings. The van der Waals surface area contributed by atoms with Gasteiger partial charge in [-0.25, -0.2) is 0 Å². The average molecular weight is 263 g/mol. The lowest BCUT2D eigenvalue weighted by Crippen LogP contribution is -2.20. The molecule has 0 bridgehead atoms. The highest BCUT2D eigenvalue weighted by molar-refractivity contribution is 7.81. The summed E-state index contributed by atoms with van der Waals surface area (Å²) < 4.78 is 0. The second-order valence-electron chi connectivity index (χ2n) is 5.35. The molecule has 0 fully saturated rings. The molecule has 0 saturated heterocycles. The van der Waals surface area contributed by atoms with Crippen molar-refractivity contribution in [3.8, 4) is 0 Å². The molecule has 0 atom stereocenters. The summed E-state index contributed by atoms with van der Waals surface area (Å²) >= 11 is 8.83. The third kappa shape index (κ3) is 8.81. The fourth-order valence-electron chi connectivity index (χ4n) is 1.89. The number of unbranched alkanes of at least 4 members (excludes halogenated alkanes) is 7. The Kier molecular flexibility index (Phi) is 11.3. The lowest BCUT2D eigenvalue weighted by molar-refractivity contribution is 0.374. The van der Waals surface area contributed by atoms with E-state index >= 15 is 0 Å². The first-order chi connectivity index (χ1) is 7.68. The molecule has 0 spiro atoms. The van der Waals surface area contributed by atoms with Gasteiger partial charge in [0.25, 0.3) is 0 Å². The predicted octanol–water partition coefficient (Wildman–Crippen LogP) is 5.38. The fraction of sp³-hybridized carbons (Fsp3) is 1.00. The van der Waals surface area contributed by atoms with Crippen LogP contribution in [0.1, 0.15) is 71.6 Å². The Balaban J connectivity index is 3.26. The summed E-state index contributed by atoms with van der Waals surface area (Å²) in [6.45, 7) is 4.57. The molecule has 0 aromatic rings. The summed E-state index contributed by atoms with van der Waals surface area (Å²) in [5.74, 6) is 1.93. The molecular weight excluding hydrogens is 232 g/mol. The Morgan fingerprint density at radius 1 is 0.750 bits per heavy atom. The van der Waals surface area contributed by atoms with Gasteiger partial charge in [0.05, 0.1) is 0 Å². The van der Waals surface area contributed by atoms with Crippen LogP contribution in [0.4, 0.5) is 0 Å². The molecule has 0 aromatic heterocycles. The molecule has 0 N–H and O–H groups in total. The van der Waals surface area contributed by atoms with Crippen molar-refractivity contribution in [2.45, 2.75) is 71.6 Å². The maximum Gasteiger partial charge on any atom is -0.00360 e. The SMILES string of the molecule is CCCCCCCCCCC(C)(CS)CS. The molecule has 98 valence electrons. The van der Waals surface area contributed by atoms with E-state index < -0.39 is 0 Å². The van der Waals surface area contributed by atoms with Crippen LogP contribution >= 0.6 is 25.3 Å². The monoisotopic (exact) mass is 262 g/mol. The van der Waals surface area contributed by atoms with Crippen LogP contribution in [0.25, 0.3) is 0 Å². The highest BCUT2D eigenvalue weighted by atomic mass is 32.1. The molecule has 0 heterocycles. The molecule has 0 radical (unpaired) electrons. The highest BCUT2D eigenvalue weighted by Crippen LogP contribution is 2.27. The van der Waals surface area contributed by atoms with Gasteiger partial charge in [-0.05, 0) is 23.3 Å². The largest absolute Gasteiger partial charge is 0.179 e. The first-order valence-corrected chi connectivity index (χ1v) is 8.17. The molecule has 0 nitrogen and oxygen atoms in total. The van der Waals surface area contributed by atoms with E-state index in [0.29, 0.717) is 5.41 Å². The van der Waals surface area contributed by atoms with Gasteiger partial charge in [0.1, 0.15) is 0 Å². The van der Waals surface area contributed by atoms with Crippen LogP contribution in [0.2, 0.25) is 0 Å². The quantitative estimate of drug-likeness (QED) is 0.362. The van der Waals surface area contributed by atoms with Gasteiger partial charge >= 0.3 is 0 Å². The fourth-order valence-corrected chi connectivity index (χ4v) is 2.61. The first kappa shape index (κ1) is 16.7. The summed E-state index contributed by atoms with van der Waals surface area (Å²) in [5.41, 5.74) is 0.356. The molecular formula is C14H30S2. The number of hydrogen-bond donors (Lipinski definition) is 2. The van der Waals surface area contributed by atoms with Crippen LogP contribution in [0, 0.1) is 5.41 Å². The molecule has 0 saturated carbocycles. The zero-order valence-electron chi connectivity index (χ0n) is 11.2. The third-order valence-electron chi connectivity index (χ3n) is 3.40. The lowest BCUT2D eigenvalue weighted by Gasteiger charge is -2.25. The predicted molar refractivity (Wildman–Crippen MR) is 83.0 cm³/mol. The maximum atomic E-state index is 4.41. The van der Waals surface area contributed by atoms with E-state index in [9.17, 15) is 0 Å². The van der Waals surface area contributed by atoms with Gasteiger partial charge < -0.3 is 0 Å². The standard InChI is InChI=1S/C14H30S2/c1-3-4-5-6-7-8-9-10-11-14(2,12-15)13-16/h15-16H,3-13H2,1-2H3. The summed E-state index contributed by atoms with van der Waals surface area (Å²) in [6, 6.07) is 0. The number of rotatable bonds is 11. The Morgan fingerprint density at radius 2 is 1.19 bits per heavy atom. The van der Waals surface area contributed by atoms with Gasteiger partial charge in [-0.1, -0.05) is 65.2 Å². The smallest absolute Gasteiger partial charge is 0.00360 e. The van der Waals surface area contributed by atoms with Crippen LogP contribution in [-0.2, 0) is 0 Å². The molecule has 0 amide bonds. The Morgan fingerprint density at radius 3 is 1.62 bits per heavy atom. The zero-order valence-corrected chi connectivity index (χ0v) is 13.0. The number of hydrogen-bond acceptors (Lipinski definition) is 2. The van der Waals surface area contributed by atoms with Gasteiger partial charge in [0.2, 0.25) is 0 Å². The van der Waals surface area contributed by atoms with Crippen molar-refractivity contribution in [1.29, 1.82) is 0 Å². The van der Waals surface area contributed by atoms with E-state index in [-0.39, 0.29) is 0 Å². The summed E-state index contributed by atoms with van der Waals surface area (Å²) in [7, 11) is 0. The molecule has 0 rings (SSSR count). The van der Waals surface area contributed by atoms with Gasteiger partial charge in [-0.3, -0.25) is 0 Å². The van der Waals surface area contributed by atoms with Crippen molar-refractivity contribution in [1.82, 2.24) is 0 Å². The van der Waals surface area contributed by atoms with Crippen molar-refractivity contribution >= 4 is 25.3 Å². The van der Waals surface area contributed by atoms with Gasteiger partial charge in [0.15, 0.2) is 0 Å². The summed E-state index contributed by atoms with van der Waals surface area (Å²) in [6.07, 6.45) is 12.5. The molecule has 16 heavy (non-hydrogen) atoms. The minimum atomic E-state index is 0.356. The number of thiol groups is 2. The average Bonchev–Trinajstić information content (AvgIpc) is 2.32. The van der Waals surface area contributed by atoms with Crippen LogP contribution in [0.5, 0.6) is 0 Å². The summed E-state index contributed by atoms with van der Waals surface area (Å²) in [5, 5.41) is 0. The third-order valence-corrected chi connectivity index (χ3v) is 4.92. The van der Waals surface area contributed by atoms with Gasteiger partial charge in [0, 0.05) is 0 Å². The van der Waals surface area contributed by atoms with Crippen molar-refractivity contribution in [2.24, 2.45) is 5.41 Å². The maximum absolute atomic E-state index is 4.41. The van der Waals surface area contributed by atoms with E-state index in [0.717, 1.165) is 11.5 Å². The van der Waals surface area contributed by atoms with Crippen LogP contribution < -0.4 is 0 Å². The Hall–Kier alpha value is 0.700. The summed E-state index contributed by atoms with van der Waals surface area (Å²) in [4.78, 5) is 0. The van der Waals surface area contributed by atoms with E-state index in [1.165, 1.54) is 57.8 Å². The minimum Gasteiger partial charge on any atom is -0.179 e. The topological polar surface area (TPSA) is 0 Å². The van der Waals surface area contributed by atoms with Crippen LogP contribution in [0.15, 0.2) is 0 Å². The van der Waals surface area contributed by atoms with Crippen molar-refractivity contribution < 1.29 is 0 Å². The lowest BCUT2D eigenvalue weighted by atomic mass is 9.88. The van der Waals surface area contributed by atoms with E-state index in [2.05, 4.69) is 39.1 Å². The van der Waals surface area contributed by atoms with Crippen molar-refractivity contribution in [2.75, 3.05) is 11.5 Å². The normalized spacial score (nSPS) is 12.0. The zero-order chi connectivity index (χ0) is 12.3. The second kappa shape index (κ2) is 10.8. The molecule has 0 unspecified atom stereocenters. The van der Waals surface area contributed by atoms with E-state index in [1.807, 2.05) is 0 Å². The van der Waals surface area contributed by atoms with Crippen molar-refractivity contribution in [3.05, 3.63) is 0 Å². The Bertz CT molecular complexity index is 142. The van der Waals surface area contributed by atoms with Gasteiger partial charge in [-0.15, -0.1) is 0 Å². The minimum absolute atomic E-state index is 0.356. The van der Waals surface area contributed by atoms with E-state index in [1.54, 1.807) is 0 Å². The second-order valence-corrected chi connectivity index (χ2v) is 5.98. The van der Waals surface area contributed by atoms with Crippen LogP contribution in [0.3, 0.4) is 0 Å². The molecule has 0 aliphatic carbocycles. The molecule has 0 aromatic carbocycles. The highest BCUT2D eigenvalue weighted by Gasteiger charge is 2.19.